The Bertz CT molecular complexity index is 1340. The first-order valence-electron chi connectivity index (χ1n) is 13.8. The first-order valence-corrected chi connectivity index (χ1v) is 15.0. The number of aromatic amines is 1. The predicted octanol–water partition coefficient (Wildman–Crippen LogP) is 5.18. The Morgan fingerprint density at radius 1 is 1.05 bits per heavy atom. The lowest BCUT2D eigenvalue weighted by molar-refractivity contribution is 0.144. The van der Waals surface area contributed by atoms with E-state index in [9.17, 15) is 0 Å². The third kappa shape index (κ3) is 6.23. The van der Waals surface area contributed by atoms with Gasteiger partial charge in [-0.2, -0.15) is 0 Å². The van der Waals surface area contributed by atoms with Gasteiger partial charge in [0, 0.05) is 81.6 Å². The number of hydrogen-bond acceptors (Lipinski definition) is 8. The molecule has 0 unspecified atom stereocenters. The maximum atomic E-state index is 6.65. The number of benzene rings is 1. The van der Waals surface area contributed by atoms with Gasteiger partial charge in [0.1, 0.15) is 11.3 Å². The summed E-state index contributed by atoms with van der Waals surface area (Å²) in [5.74, 6) is 0.810. The molecule has 3 aromatic heterocycles. The molecule has 0 radical (unpaired) electrons. The quantitative estimate of drug-likeness (QED) is 0.289. The smallest absolute Gasteiger partial charge is 0.180 e. The van der Waals surface area contributed by atoms with Crippen molar-refractivity contribution in [1.29, 1.82) is 0 Å². The van der Waals surface area contributed by atoms with Gasteiger partial charge < -0.3 is 19.9 Å². The number of fused-ring (bicyclic) bond motifs is 1. The number of H-pyrrole nitrogens is 1. The van der Waals surface area contributed by atoms with Crippen LogP contribution in [0.4, 0.5) is 11.4 Å². The molecule has 6 rings (SSSR count). The van der Waals surface area contributed by atoms with E-state index in [-0.39, 0.29) is 0 Å². The van der Waals surface area contributed by atoms with Gasteiger partial charge in [-0.05, 0) is 48.6 Å². The van der Waals surface area contributed by atoms with Crippen LogP contribution in [0.15, 0.2) is 48.0 Å². The Morgan fingerprint density at radius 2 is 1.85 bits per heavy atom. The third-order valence-corrected chi connectivity index (χ3v) is 9.01. The second kappa shape index (κ2) is 12.2. The number of aromatic nitrogens is 3. The van der Waals surface area contributed by atoms with Gasteiger partial charge in [-0.25, -0.2) is 9.97 Å². The van der Waals surface area contributed by atoms with Crippen molar-refractivity contribution in [2.75, 3.05) is 69.7 Å². The lowest BCUT2D eigenvalue weighted by Gasteiger charge is -2.36. The van der Waals surface area contributed by atoms with Gasteiger partial charge in [-0.15, -0.1) is 11.3 Å². The maximum absolute atomic E-state index is 6.65. The van der Waals surface area contributed by atoms with Gasteiger partial charge in [0.15, 0.2) is 5.65 Å². The van der Waals surface area contributed by atoms with Crippen molar-refractivity contribution < 1.29 is 4.74 Å². The normalized spacial score (nSPS) is 17.7. The largest absolute Gasteiger partial charge is 0.383 e. The molecule has 1 aromatic carbocycles. The average Bonchev–Trinajstić information content (AvgIpc) is 3.65. The van der Waals surface area contributed by atoms with Crippen LogP contribution in [0.2, 0.25) is 5.02 Å². The number of methoxy groups -OCH3 is 1. The maximum Gasteiger partial charge on any atom is 0.180 e. The Labute approximate surface area is 238 Å². The van der Waals surface area contributed by atoms with Crippen LogP contribution in [-0.2, 0) is 11.3 Å². The van der Waals surface area contributed by atoms with Crippen molar-refractivity contribution >= 4 is 45.5 Å². The monoisotopic (exact) mass is 565 g/mol. The van der Waals surface area contributed by atoms with E-state index in [0.29, 0.717) is 16.7 Å². The van der Waals surface area contributed by atoms with Crippen LogP contribution < -0.4 is 10.2 Å². The minimum atomic E-state index is 0.369. The zero-order chi connectivity index (χ0) is 26.6. The number of likely N-dealkylation sites (tertiary alicyclic amines) is 1. The van der Waals surface area contributed by atoms with E-state index in [0.717, 1.165) is 94.4 Å². The van der Waals surface area contributed by atoms with Gasteiger partial charge in [-0.1, -0.05) is 17.7 Å². The number of imidazole rings is 1. The first-order chi connectivity index (χ1) is 19.2. The molecule has 0 aliphatic carbocycles. The predicted molar refractivity (Wildman–Crippen MR) is 161 cm³/mol. The van der Waals surface area contributed by atoms with Crippen LogP contribution in [0.25, 0.3) is 22.6 Å². The molecule has 2 saturated heterocycles. The van der Waals surface area contributed by atoms with Gasteiger partial charge in [0.25, 0.3) is 0 Å². The molecule has 2 aliphatic rings. The molecule has 206 valence electrons. The summed E-state index contributed by atoms with van der Waals surface area (Å²) in [7, 11) is 1.76. The van der Waals surface area contributed by atoms with E-state index in [1.54, 1.807) is 13.3 Å². The van der Waals surface area contributed by atoms with E-state index < -0.39 is 0 Å². The molecular weight excluding hydrogens is 530 g/mol. The van der Waals surface area contributed by atoms with Crippen LogP contribution in [-0.4, -0.2) is 90.3 Å². The molecule has 0 atom stereocenters. The van der Waals surface area contributed by atoms with E-state index >= 15 is 0 Å². The van der Waals surface area contributed by atoms with Gasteiger partial charge in [0.2, 0.25) is 0 Å². The first kappa shape index (κ1) is 26.5. The Kier molecular flexibility index (Phi) is 8.32. The topological polar surface area (TPSA) is 72.6 Å². The van der Waals surface area contributed by atoms with Gasteiger partial charge >= 0.3 is 0 Å². The molecule has 4 aromatic rings. The van der Waals surface area contributed by atoms with E-state index in [2.05, 4.69) is 71.8 Å². The lowest BCUT2D eigenvalue weighted by Crippen LogP contribution is -2.47. The summed E-state index contributed by atoms with van der Waals surface area (Å²) in [5, 5.41) is 6.50. The fourth-order valence-electron chi connectivity index (χ4n) is 5.55. The van der Waals surface area contributed by atoms with Crippen molar-refractivity contribution in [2.45, 2.75) is 25.4 Å². The molecular formula is C29H36ClN7OS. The summed E-state index contributed by atoms with van der Waals surface area (Å²) in [6.45, 7) is 9.15. The SMILES string of the molecule is COCCN1CCN(c2ccc(-c3nc4ncc(Cl)c(NC5CCN(Cc6cccs6)CC5)c4[nH]3)cc2)CC1. The Balaban J connectivity index is 1.11. The van der Waals surface area contributed by atoms with Gasteiger partial charge in [0.05, 0.1) is 23.5 Å². The Morgan fingerprint density at radius 3 is 2.56 bits per heavy atom. The molecule has 0 spiro atoms. The van der Waals surface area contributed by atoms with Crippen LogP contribution in [0, 0.1) is 0 Å². The highest BCUT2D eigenvalue weighted by Crippen LogP contribution is 2.33. The highest BCUT2D eigenvalue weighted by Gasteiger charge is 2.22. The highest BCUT2D eigenvalue weighted by atomic mass is 35.5. The summed E-state index contributed by atoms with van der Waals surface area (Å²) in [6.07, 6.45) is 3.86. The number of nitrogens with one attached hydrogen (secondary N) is 2. The van der Waals surface area contributed by atoms with Crippen molar-refractivity contribution in [3.63, 3.8) is 0 Å². The number of thiophene rings is 1. The minimum absolute atomic E-state index is 0.369. The highest BCUT2D eigenvalue weighted by molar-refractivity contribution is 7.09. The molecule has 2 fully saturated rings. The van der Waals surface area contributed by atoms with Crippen molar-refractivity contribution in [2.24, 2.45) is 0 Å². The summed E-state index contributed by atoms with van der Waals surface area (Å²) in [6, 6.07) is 13.4. The second-order valence-electron chi connectivity index (χ2n) is 10.4. The number of rotatable bonds is 9. The molecule has 39 heavy (non-hydrogen) atoms. The van der Waals surface area contributed by atoms with Crippen molar-refractivity contribution in [1.82, 2.24) is 24.8 Å². The third-order valence-electron chi connectivity index (χ3n) is 7.86. The summed E-state index contributed by atoms with van der Waals surface area (Å²) >= 11 is 8.48. The molecule has 5 heterocycles. The fourth-order valence-corrected chi connectivity index (χ4v) is 6.50. The standard InChI is InChI=1S/C29H36ClN7OS/c1-38-17-16-35-12-14-37(15-13-35)23-6-4-21(5-7-23)28-33-27-26(25(30)19-31-29(27)34-28)32-22-8-10-36(11-9-22)20-24-3-2-18-39-24/h2-7,18-19,22H,8-17,20H2,1H3,(H2,31,32,33,34). The average molecular weight is 566 g/mol. The number of hydrogen-bond donors (Lipinski definition) is 2. The number of anilines is 2. The van der Waals surface area contributed by atoms with Gasteiger partial charge in [-0.3, -0.25) is 9.80 Å². The molecule has 10 heteroatoms. The van der Waals surface area contributed by atoms with Crippen LogP contribution >= 0.6 is 22.9 Å². The second-order valence-corrected chi connectivity index (χ2v) is 11.8. The lowest BCUT2D eigenvalue weighted by atomic mass is 10.0. The number of piperidine rings is 1. The fraction of sp³-hybridized carbons (Fsp3) is 0.448. The van der Waals surface area contributed by atoms with Crippen molar-refractivity contribution in [3.05, 3.63) is 57.9 Å². The molecule has 2 aliphatic heterocycles. The molecule has 2 N–H and O–H groups in total. The summed E-state index contributed by atoms with van der Waals surface area (Å²) in [5.41, 5.74) is 4.74. The molecule has 8 nitrogen and oxygen atoms in total. The van der Waals surface area contributed by atoms with Crippen molar-refractivity contribution in [3.8, 4) is 11.4 Å². The van der Waals surface area contributed by atoms with Crippen LogP contribution in [0.1, 0.15) is 17.7 Å². The number of nitrogens with zero attached hydrogens (tertiary/aromatic N) is 5. The van der Waals surface area contributed by atoms with E-state index in [4.69, 9.17) is 21.3 Å². The van der Waals surface area contributed by atoms with Crippen LogP contribution in [0.5, 0.6) is 0 Å². The zero-order valence-electron chi connectivity index (χ0n) is 22.4. The number of halogens is 1. The molecule has 0 amide bonds. The number of ether oxygens (including phenoxy) is 1. The summed E-state index contributed by atoms with van der Waals surface area (Å²) < 4.78 is 5.22. The summed E-state index contributed by atoms with van der Waals surface area (Å²) in [4.78, 5) is 21.7. The zero-order valence-corrected chi connectivity index (χ0v) is 24.0. The molecule has 0 bridgehead atoms. The van der Waals surface area contributed by atoms with Crippen LogP contribution in [0.3, 0.4) is 0 Å². The van der Waals surface area contributed by atoms with E-state index in [1.165, 1.54) is 10.6 Å². The number of piperazine rings is 1. The minimum Gasteiger partial charge on any atom is -0.383 e. The Hall–Kier alpha value is -2.69. The number of pyridine rings is 1. The van der Waals surface area contributed by atoms with E-state index in [1.807, 2.05) is 11.3 Å². The molecule has 0 saturated carbocycles.